The maximum Gasteiger partial charge on any atom is 0.306 e. The Morgan fingerprint density at radius 3 is 0.859 bits per heavy atom. The average molecular weight is 986 g/mol. The van der Waals surface area contributed by atoms with Crippen LogP contribution < -0.4 is 0 Å². The molecular weight excluding hydrogens is 877 g/mol. The van der Waals surface area contributed by atoms with Gasteiger partial charge in [0, 0.05) is 19.3 Å². The first-order valence-electron chi connectivity index (χ1n) is 29.4. The molecule has 0 saturated heterocycles. The van der Waals surface area contributed by atoms with Crippen molar-refractivity contribution >= 4 is 17.9 Å². The maximum absolute atomic E-state index is 12.8. The van der Waals surface area contributed by atoms with Crippen molar-refractivity contribution in [1.29, 1.82) is 0 Å². The summed E-state index contributed by atoms with van der Waals surface area (Å²) < 4.78 is 16.8. The van der Waals surface area contributed by atoms with Crippen LogP contribution in [0, 0.1) is 0 Å². The lowest BCUT2D eigenvalue weighted by molar-refractivity contribution is -0.167. The molecule has 0 aliphatic carbocycles. The van der Waals surface area contributed by atoms with Crippen molar-refractivity contribution in [1.82, 2.24) is 0 Å². The topological polar surface area (TPSA) is 78.9 Å². The fraction of sp³-hybridized carbons (Fsp3) is 0.677. The lowest BCUT2D eigenvalue weighted by Crippen LogP contribution is -2.30. The molecule has 0 amide bonds. The zero-order valence-electron chi connectivity index (χ0n) is 46.2. The normalized spacial score (nSPS) is 12.9. The summed E-state index contributed by atoms with van der Waals surface area (Å²) in [5.41, 5.74) is 0. The molecule has 0 bridgehead atoms. The summed E-state index contributed by atoms with van der Waals surface area (Å²) in [6.45, 7) is 6.47. The van der Waals surface area contributed by atoms with Gasteiger partial charge in [-0.15, -0.1) is 0 Å². The summed E-state index contributed by atoms with van der Waals surface area (Å²) >= 11 is 0. The van der Waals surface area contributed by atoms with Crippen molar-refractivity contribution in [2.75, 3.05) is 13.2 Å². The van der Waals surface area contributed by atoms with Crippen molar-refractivity contribution < 1.29 is 28.6 Å². The van der Waals surface area contributed by atoms with Gasteiger partial charge in [-0.05, 0) is 89.9 Å². The summed E-state index contributed by atoms with van der Waals surface area (Å²) in [5, 5.41) is 0. The third-order valence-corrected chi connectivity index (χ3v) is 12.3. The van der Waals surface area contributed by atoms with Gasteiger partial charge in [0.05, 0.1) is 0 Å². The summed E-state index contributed by atoms with van der Waals surface area (Å²) in [5.74, 6) is -0.923. The van der Waals surface area contributed by atoms with E-state index in [1.54, 1.807) is 0 Å². The summed E-state index contributed by atoms with van der Waals surface area (Å²) in [4.78, 5) is 38.0. The van der Waals surface area contributed by atoms with Crippen molar-refractivity contribution in [3.63, 3.8) is 0 Å². The smallest absolute Gasteiger partial charge is 0.306 e. The van der Waals surface area contributed by atoms with Crippen LogP contribution >= 0.6 is 0 Å². The van der Waals surface area contributed by atoms with E-state index in [0.29, 0.717) is 19.3 Å². The van der Waals surface area contributed by atoms with Crippen molar-refractivity contribution in [3.05, 3.63) is 109 Å². The molecule has 0 rings (SSSR count). The Morgan fingerprint density at radius 2 is 0.549 bits per heavy atom. The molecular formula is C65H108O6. The summed E-state index contributed by atoms with van der Waals surface area (Å²) in [7, 11) is 0. The van der Waals surface area contributed by atoms with Gasteiger partial charge in [0.15, 0.2) is 6.10 Å². The molecule has 0 saturated carbocycles. The molecule has 0 aliphatic heterocycles. The molecule has 1 unspecified atom stereocenters. The van der Waals surface area contributed by atoms with Crippen molar-refractivity contribution in [2.24, 2.45) is 0 Å². The molecule has 1 atom stereocenters. The molecule has 0 radical (unpaired) electrons. The van der Waals surface area contributed by atoms with Gasteiger partial charge < -0.3 is 14.2 Å². The average Bonchev–Trinajstić information content (AvgIpc) is 3.37. The number of hydrogen-bond acceptors (Lipinski definition) is 6. The van der Waals surface area contributed by atoms with E-state index >= 15 is 0 Å². The van der Waals surface area contributed by atoms with Gasteiger partial charge in [-0.25, -0.2) is 0 Å². The second-order valence-corrected chi connectivity index (χ2v) is 19.2. The highest BCUT2D eigenvalue weighted by molar-refractivity contribution is 5.71. The van der Waals surface area contributed by atoms with Crippen LogP contribution in [0.25, 0.3) is 0 Å². The van der Waals surface area contributed by atoms with E-state index in [9.17, 15) is 14.4 Å². The Balaban J connectivity index is 4.26. The quantitative estimate of drug-likeness (QED) is 0.0261. The highest BCUT2D eigenvalue weighted by Gasteiger charge is 2.19. The van der Waals surface area contributed by atoms with Crippen LogP contribution in [0.15, 0.2) is 109 Å². The van der Waals surface area contributed by atoms with Crippen molar-refractivity contribution in [2.45, 2.75) is 271 Å². The fourth-order valence-corrected chi connectivity index (χ4v) is 7.91. The zero-order valence-corrected chi connectivity index (χ0v) is 46.2. The minimum absolute atomic E-state index is 0.0864. The fourth-order valence-electron chi connectivity index (χ4n) is 7.91. The molecule has 71 heavy (non-hydrogen) atoms. The van der Waals surface area contributed by atoms with Crippen molar-refractivity contribution in [3.8, 4) is 0 Å². The third kappa shape index (κ3) is 56.9. The number of carbonyl (C=O) groups is 3. The van der Waals surface area contributed by atoms with E-state index in [-0.39, 0.29) is 31.1 Å². The molecule has 0 aromatic carbocycles. The molecule has 0 fully saturated rings. The van der Waals surface area contributed by atoms with E-state index in [1.165, 1.54) is 103 Å². The second kappa shape index (κ2) is 58.6. The Morgan fingerprint density at radius 1 is 0.296 bits per heavy atom. The van der Waals surface area contributed by atoms with Crippen LogP contribution in [0.4, 0.5) is 0 Å². The molecule has 0 spiro atoms. The van der Waals surface area contributed by atoms with E-state index in [1.807, 2.05) is 0 Å². The number of rotatable bonds is 52. The van der Waals surface area contributed by atoms with Gasteiger partial charge in [-0.1, -0.05) is 265 Å². The van der Waals surface area contributed by atoms with Gasteiger partial charge in [0.1, 0.15) is 13.2 Å². The predicted octanol–water partition coefficient (Wildman–Crippen LogP) is 19.9. The number of carbonyl (C=O) groups excluding carboxylic acids is 3. The van der Waals surface area contributed by atoms with Gasteiger partial charge in [0.25, 0.3) is 0 Å². The molecule has 0 N–H and O–H groups in total. The first kappa shape index (κ1) is 67.1. The Bertz CT molecular complexity index is 1460. The summed E-state index contributed by atoms with van der Waals surface area (Å²) in [6.07, 6.45) is 79.6. The van der Waals surface area contributed by atoms with Gasteiger partial charge in [-0.3, -0.25) is 14.4 Å². The second-order valence-electron chi connectivity index (χ2n) is 19.2. The molecule has 0 heterocycles. The predicted molar refractivity (Wildman–Crippen MR) is 307 cm³/mol. The number of unbranched alkanes of at least 4 members (excludes halogenated alkanes) is 23. The molecule has 0 aromatic heterocycles. The molecule has 0 aliphatic rings. The van der Waals surface area contributed by atoms with Crippen LogP contribution in [-0.2, 0) is 28.6 Å². The maximum atomic E-state index is 12.8. The minimum atomic E-state index is -0.788. The molecule has 6 nitrogen and oxygen atoms in total. The Kier molecular flexibility index (Phi) is 55.4. The third-order valence-electron chi connectivity index (χ3n) is 12.3. The van der Waals surface area contributed by atoms with Crippen LogP contribution in [0.1, 0.15) is 265 Å². The van der Waals surface area contributed by atoms with E-state index in [2.05, 4.69) is 130 Å². The SMILES string of the molecule is CC/C=C\C/C=C\C/C=C\C/C=C\C/C=C\C/C=C\C/C=C\C/C=C\C/C=C\CCCCCC(=O)OCC(COC(=O)CCCCCCCCCC)OC(=O)CCCCCCCCCCCCCCCC. The summed E-state index contributed by atoms with van der Waals surface area (Å²) in [6, 6.07) is 0. The number of esters is 3. The highest BCUT2D eigenvalue weighted by Crippen LogP contribution is 2.15. The molecule has 6 heteroatoms. The van der Waals surface area contributed by atoms with E-state index in [0.717, 1.165) is 122 Å². The van der Waals surface area contributed by atoms with Gasteiger partial charge in [-0.2, -0.15) is 0 Å². The Labute approximate surface area is 438 Å². The highest BCUT2D eigenvalue weighted by atomic mass is 16.6. The minimum Gasteiger partial charge on any atom is -0.462 e. The standard InChI is InChI=1S/C65H108O6/c1-4-7-10-13-16-19-21-23-25-26-27-28-29-30-31-32-33-34-35-36-37-38-39-40-41-43-44-46-49-52-55-58-64(67)70-61-62(60-69-63(66)57-54-51-48-18-15-12-9-6-3)71-65(68)59-56-53-50-47-45-42-24-22-20-17-14-11-8-5-2/h7,10,16,19,23,25,27-28,30-31,33-34,36-37,39-40,43-44,62H,4-6,8-9,11-15,17-18,20-22,24,26,29,32,35,38,41-42,45-61H2,1-3H3/b10-7-,19-16-,25-23-,28-27-,31-30-,34-33-,37-36-,40-39-,44-43-. The monoisotopic (exact) mass is 985 g/mol. The van der Waals surface area contributed by atoms with Gasteiger partial charge in [0.2, 0.25) is 0 Å². The lowest BCUT2D eigenvalue weighted by Gasteiger charge is -2.18. The van der Waals surface area contributed by atoms with Crippen LogP contribution in [0.2, 0.25) is 0 Å². The molecule has 404 valence electrons. The van der Waals surface area contributed by atoms with E-state index in [4.69, 9.17) is 14.2 Å². The first-order chi connectivity index (χ1) is 35.0. The van der Waals surface area contributed by atoms with Crippen LogP contribution in [0.5, 0.6) is 0 Å². The van der Waals surface area contributed by atoms with Crippen LogP contribution in [-0.4, -0.2) is 37.2 Å². The zero-order chi connectivity index (χ0) is 51.4. The largest absolute Gasteiger partial charge is 0.462 e. The molecule has 0 aromatic rings. The van der Waals surface area contributed by atoms with E-state index < -0.39 is 6.10 Å². The number of allylic oxidation sites excluding steroid dienone is 18. The lowest BCUT2D eigenvalue weighted by atomic mass is 10.0. The number of ether oxygens (including phenoxy) is 3. The first-order valence-corrected chi connectivity index (χ1v) is 29.4. The van der Waals surface area contributed by atoms with Crippen LogP contribution in [0.3, 0.4) is 0 Å². The number of hydrogen-bond donors (Lipinski definition) is 0. The van der Waals surface area contributed by atoms with Gasteiger partial charge >= 0.3 is 17.9 Å². The Hall–Kier alpha value is -3.93.